The monoisotopic (exact) mass is 259 g/mol. The molecule has 1 rings (SSSR count). The third kappa shape index (κ3) is 4.52. The molecule has 0 aromatic heterocycles. The Balaban J connectivity index is 2.59. The first-order chi connectivity index (χ1) is 8.19. The van der Waals surface area contributed by atoms with E-state index in [0.29, 0.717) is 6.42 Å². The fraction of sp³-hybridized carbons (Fsp3) is 0.833. The number of alkyl carbamates (subject to hydrolysis) is 1. The van der Waals surface area contributed by atoms with Crippen LogP contribution in [0, 0.1) is 5.92 Å². The zero-order valence-electron chi connectivity index (χ0n) is 11.2. The third-order valence-electron chi connectivity index (χ3n) is 2.65. The number of hydrogen-bond acceptors (Lipinski definition) is 4. The van der Waals surface area contributed by atoms with Crippen LogP contribution in [-0.4, -0.2) is 41.5 Å². The third-order valence-corrected chi connectivity index (χ3v) is 2.65. The van der Waals surface area contributed by atoms with E-state index in [-0.39, 0.29) is 12.7 Å². The molecule has 0 spiro atoms. The van der Waals surface area contributed by atoms with Crippen molar-refractivity contribution in [2.45, 2.75) is 51.9 Å². The lowest BCUT2D eigenvalue weighted by Gasteiger charge is -2.33. The van der Waals surface area contributed by atoms with Crippen LogP contribution in [0.4, 0.5) is 4.79 Å². The number of hydrogen-bond donors (Lipinski definition) is 2. The highest BCUT2D eigenvalue weighted by atomic mass is 16.6. The summed E-state index contributed by atoms with van der Waals surface area (Å²) in [5.41, 5.74) is -0.606. The van der Waals surface area contributed by atoms with Gasteiger partial charge in [0.15, 0.2) is 0 Å². The first kappa shape index (κ1) is 14.8. The Labute approximate surface area is 107 Å². The second-order valence-electron chi connectivity index (χ2n) is 5.58. The molecule has 0 radical (unpaired) electrons. The molecule has 1 aliphatic heterocycles. The van der Waals surface area contributed by atoms with E-state index in [4.69, 9.17) is 14.6 Å². The first-order valence-corrected chi connectivity index (χ1v) is 6.03. The highest BCUT2D eigenvalue weighted by Crippen LogP contribution is 2.21. The average molecular weight is 259 g/mol. The lowest BCUT2D eigenvalue weighted by Crippen LogP contribution is -2.51. The molecule has 0 aromatic rings. The summed E-state index contributed by atoms with van der Waals surface area (Å²) in [6.07, 6.45) is -0.338. The van der Waals surface area contributed by atoms with Crippen LogP contribution in [0.5, 0.6) is 0 Å². The number of aliphatic carboxylic acids is 1. The number of carboxylic acids is 1. The largest absolute Gasteiger partial charge is 0.481 e. The minimum atomic E-state index is -0.925. The molecule has 0 saturated carbocycles. The molecule has 1 heterocycles. The van der Waals surface area contributed by atoms with Crippen LogP contribution in [0.3, 0.4) is 0 Å². The van der Waals surface area contributed by atoms with E-state index >= 15 is 0 Å². The van der Waals surface area contributed by atoms with Crippen LogP contribution in [0.25, 0.3) is 0 Å². The predicted molar refractivity (Wildman–Crippen MR) is 64.3 cm³/mol. The van der Waals surface area contributed by atoms with Gasteiger partial charge in [-0.1, -0.05) is 0 Å². The number of ether oxygens (including phenoxy) is 2. The van der Waals surface area contributed by atoms with Crippen molar-refractivity contribution in [2.75, 3.05) is 6.61 Å². The summed E-state index contributed by atoms with van der Waals surface area (Å²) in [7, 11) is 0. The van der Waals surface area contributed by atoms with E-state index < -0.39 is 29.6 Å². The van der Waals surface area contributed by atoms with E-state index in [1.165, 1.54) is 0 Å². The lowest BCUT2D eigenvalue weighted by atomic mass is 9.92. The van der Waals surface area contributed by atoms with Gasteiger partial charge < -0.3 is 19.9 Å². The van der Waals surface area contributed by atoms with Gasteiger partial charge in [-0.25, -0.2) is 4.79 Å². The number of amides is 1. The van der Waals surface area contributed by atoms with Gasteiger partial charge in [0.05, 0.1) is 24.7 Å². The van der Waals surface area contributed by atoms with E-state index in [9.17, 15) is 9.59 Å². The predicted octanol–water partition coefficient (Wildman–Crippen LogP) is 1.39. The van der Waals surface area contributed by atoms with Crippen molar-refractivity contribution >= 4 is 12.1 Å². The van der Waals surface area contributed by atoms with Gasteiger partial charge in [0.25, 0.3) is 0 Å². The lowest BCUT2D eigenvalue weighted by molar-refractivity contribution is -0.148. The SMILES string of the molecule is CC1CC(C(=O)O)C(NC(=O)OC(C)(C)C)CO1. The van der Waals surface area contributed by atoms with E-state index in [2.05, 4.69) is 5.32 Å². The summed E-state index contributed by atoms with van der Waals surface area (Å²) in [5, 5.41) is 11.7. The van der Waals surface area contributed by atoms with Crippen molar-refractivity contribution in [3.05, 3.63) is 0 Å². The zero-order chi connectivity index (χ0) is 13.9. The smallest absolute Gasteiger partial charge is 0.407 e. The fourth-order valence-corrected chi connectivity index (χ4v) is 1.85. The Morgan fingerprint density at radius 2 is 2.00 bits per heavy atom. The van der Waals surface area contributed by atoms with Crippen LogP contribution in [0.15, 0.2) is 0 Å². The maximum Gasteiger partial charge on any atom is 0.407 e. The van der Waals surface area contributed by atoms with E-state index in [1.807, 2.05) is 6.92 Å². The number of rotatable bonds is 2. The molecule has 6 heteroatoms. The summed E-state index contributed by atoms with van der Waals surface area (Å²) in [5.74, 6) is -1.56. The van der Waals surface area contributed by atoms with Crippen LogP contribution in [-0.2, 0) is 14.3 Å². The molecular formula is C12H21NO5. The molecule has 0 bridgehead atoms. The quantitative estimate of drug-likeness (QED) is 0.782. The number of nitrogens with one attached hydrogen (secondary N) is 1. The van der Waals surface area contributed by atoms with Crippen LogP contribution >= 0.6 is 0 Å². The minimum Gasteiger partial charge on any atom is -0.481 e. The van der Waals surface area contributed by atoms with Crippen LogP contribution in [0.2, 0.25) is 0 Å². The molecule has 3 atom stereocenters. The van der Waals surface area contributed by atoms with Gasteiger partial charge in [0.1, 0.15) is 5.60 Å². The molecular weight excluding hydrogens is 238 g/mol. The Morgan fingerprint density at radius 1 is 1.39 bits per heavy atom. The van der Waals surface area contributed by atoms with Crippen molar-refractivity contribution in [1.82, 2.24) is 5.32 Å². The highest BCUT2D eigenvalue weighted by Gasteiger charge is 2.36. The van der Waals surface area contributed by atoms with Gasteiger partial charge in [0, 0.05) is 0 Å². The van der Waals surface area contributed by atoms with Crippen molar-refractivity contribution in [3.8, 4) is 0 Å². The van der Waals surface area contributed by atoms with Crippen LogP contribution < -0.4 is 5.32 Å². The number of carbonyl (C=O) groups excluding carboxylic acids is 1. The van der Waals surface area contributed by atoms with Gasteiger partial charge in [-0.2, -0.15) is 0 Å². The molecule has 3 unspecified atom stereocenters. The van der Waals surface area contributed by atoms with Crippen LogP contribution in [0.1, 0.15) is 34.1 Å². The van der Waals surface area contributed by atoms with E-state index in [0.717, 1.165) is 0 Å². The van der Waals surface area contributed by atoms with Gasteiger partial charge in [-0.15, -0.1) is 0 Å². The van der Waals surface area contributed by atoms with Crippen molar-refractivity contribution in [3.63, 3.8) is 0 Å². The highest BCUT2D eigenvalue weighted by molar-refractivity contribution is 5.74. The van der Waals surface area contributed by atoms with Gasteiger partial charge in [-0.3, -0.25) is 4.79 Å². The zero-order valence-corrected chi connectivity index (χ0v) is 11.2. The molecule has 0 aliphatic carbocycles. The number of carboxylic acid groups (broad SMARTS) is 1. The topological polar surface area (TPSA) is 84.9 Å². The maximum absolute atomic E-state index is 11.6. The average Bonchev–Trinajstić information content (AvgIpc) is 2.17. The van der Waals surface area contributed by atoms with Crippen molar-refractivity contribution < 1.29 is 24.2 Å². The molecule has 0 aromatic carbocycles. The molecule has 1 amide bonds. The minimum absolute atomic E-state index is 0.109. The molecule has 1 saturated heterocycles. The maximum atomic E-state index is 11.6. The number of carbonyl (C=O) groups is 2. The van der Waals surface area contributed by atoms with Crippen molar-refractivity contribution in [2.24, 2.45) is 5.92 Å². The summed E-state index contributed by atoms with van der Waals surface area (Å²) in [6, 6.07) is -0.548. The van der Waals surface area contributed by atoms with Gasteiger partial charge in [-0.05, 0) is 34.1 Å². The second kappa shape index (κ2) is 5.56. The first-order valence-electron chi connectivity index (χ1n) is 6.03. The Hall–Kier alpha value is -1.30. The fourth-order valence-electron chi connectivity index (χ4n) is 1.85. The second-order valence-corrected chi connectivity index (χ2v) is 5.58. The summed E-state index contributed by atoms with van der Waals surface area (Å²) in [6.45, 7) is 7.26. The molecule has 1 aliphatic rings. The molecule has 1 fully saturated rings. The molecule has 6 nitrogen and oxygen atoms in total. The Kier molecular flexibility index (Phi) is 4.56. The van der Waals surface area contributed by atoms with Crippen molar-refractivity contribution in [1.29, 1.82) is 0 Å². The summed E-state index contributed by atoms with van der Waals surface area (Å²) < 4.78 is 10.5. The van der Waals surface area contributed by atoms with Gasteiger partial charge in [0.2, 0.25) is 0 Å². The molecule has 18 heavy (non-hydrogen) atoms. The molecule has 2 N–H and O–H groups in total. The van der Waals surface area contributed by atoms with E-state index in [1.54, 1.807) is 20.8 Å². The standard InChI is InChI=1S/C12H21NO5/c1-7-5-8(10(14)15)9(6-17-7)13-11(16)18-12(2,3)4/h7-9H,5-6H2,1-4H3,(H,13,16)(H,14,15). The summed E-state index contributed by atoms with van der Waals surface area (Å²) >= 11 is 0. The Morgan fingerprint density at radius 3 is 2.50 bits per heavy atom. The summed E-state index contributed by atoms with van der Waals surface area (Å²) in [4.78, 5) is 22.7. The van der Waals surface area contributed by atoms with Gasteiger partial charge >= 0.3 is 12.1 Å². The molecule has 104 valence electrons. The Bertz CT molecular complexity index is 323. The normalized spacial score (nSPS) is 28.6.